The number of aromatic nitrogens is 5. The van der Waals surface area contributed by atoms with Crippen LogP contribution < -0.4 is 5.32 Å². The first-order valence-corrected chi connectivity index (χ1v) is 8.27. The predicted molar refractivity (Wildman–Crippen MR) is 98.0 cm³/mol. The van der Waals surface area contributed by atoms with Crippen LogP contribution in [-0.2, 0) is 13.6 Å². The molecule has 0 saturated heterocycles. The maximum Gasteiger partial charge on any atom is 0.251 e. The molecule has 0 aliphatic heterocycles. The minimum atomic E-state index is -0.133. The van der Waals surface area contributed by atoms with Gasteiger partial charge in [0.15, 0.2) is 0 Å². The SMILES string of the molecule is Cc1ccc2c(c1)c(CNC(=O)c1ccc(-n3cnnc3)cc1)nn2C. The van der Waals surface area contributed by atoms with E-state index in [1.54, 1.807) is 29.4 Å². The van der Waals surface area contributed by atoms with E-state index >= 15 is 0 Å². The molecule has 0 unspecified atom stereocenters. The minimum absolute atomic E-state index is 0.133. The number of carbonyl (C=O) groups is 1. The molecule has 0 atom stereocenters. The third-order valence-corrected chi connectivity index (χ3v) is 4.35. The number of nitrogens with zero attached hydrogens (tertiary/aromatic N) is 5. The molecule has 2 aromatic heterocycles. The first-order valence-electron chi connectivity index (χ1n) is 8.27. The van der Waals surface area contributed by atoms with Crippen LogP contribution in [0, 0.1) is 6.92 Å². The zero-order chi connectivity index (χ0) is 18.1. The molecular weight excluding hydrogens is 328 g/mol. The number of fused-ring (bicyclic) bond motifs is 1. The van der Waals surface area contributed by atoms with Gasteiger partial charge in [-0.25, -0.2) is 0 Å². The van der Waals surface area contributed by atoms with Crippen molar-refractivity contribution < 1.29 is 4.79 Å². The highest BCUT2D eigenvalue weighted by Gasteiger charge is 2.11. The summed E-state index contributed by atoms with van der Waals surface area (Å²) in [5.41, 5.74) is 4.58. The third-order valence-electron chi connectivity index (χ3n) is 4.35. The zero-order valence-corrected chi connectivity index (χ0v) is 14.5. The number of nitrogens with one attached hydrogen (secondary N) is 1. The fourth-order valence-electron chi connectivity index (χ4n) is 2.97. The van der Waals surface area contributed by atoms with Crippen molar-refractivity contribution in [1.29, 1.82) is 0 Å². The van der Waals surface area contributed by atoms with E-state index in [1.807, 2.05) is 36.9 Å². The van der Waals surface area contributed by atoms with Crippen molar-refractivity contribution in [3.63, 3.8) is 0 Å². The molecule has 4 aromatic rings. The molecule has 0 fully saturated rings. The first-order chi connectivity index (χ1) is 12.6. The van der Waals surface area contributed by atoms with E-state index in [0.29, 0.717) is 12.1 Å². The van der Waals surface area contributed by atoms with Crippen molar-refractivity contribution in [3.05, 3.63) is 71.9 Å². The molecule has 0 bridgehead atoms. The molecule has 2 aromatic carbocycles. The maximum absolute atomic E-state index is 12.4. The predicted octanol–water partition coefficient (Wildman–Crippen LogP) is 2.39. The molecular formula is C19H18N6O. The normalized spacial score (nSPS) is 11.0. The van der Waals surface area contributed by atoms with Crippen LogP contribution in [0.3, 0.4) is 0 Å². The summed E-state index contributed by atoms with van der Waals surface area (Å²) >= 11 is 0. The minimum Gasteiger partial charge on any atom is -0.346 e. The topological polar surface area (TPSA) is 77.6 Å². The highest BCUT2D eigenvalue weighted by Crippen LogP contribution is 2.19. The molecule has 0 spiro atoms. The average molecular weight is 346 g/mol. The Labute approximate surface area is 150 Å². The number of hydrogen-bond acceptors (Lipinski definition) is 4. The number of amides is 1. The van der Waals surface area contributed by atoms with Gasteiger partial charge in [-0.1, -0.05) is 11.6 Å². The molecule has 7 heteroatoms. The van der Waals surface area contributed by atoms with Crippen molar-refractivity contribution in [2.75, 3.05) is 0 Å². The maximum atomic E-state index is 12.4. The summed E-state index contributed by atoms with van der Waals surface area (Å²) in [5.74, 6) is -0.133. The Bertz CT molecular complexity index is 1060. The second kappa shape index (κ2) is 6.44. The Morgan fingerprint density at radius 3 is 2.54 bits per heavy atom. The number of rotatable bonds is 4. The van der Waals surface area contributed by atoms with Gasteiger partial charge in [0.05, 0.1) is 17.8 Å². The fraction of sp³-hybridized carbons (Fsp3) is 0.158. The second-order valence-electron chi connectivity index (χ2n) is 6.19. The lowest BCUT2D eigenvalue weighted by Crippen LogP contribution is -2.23. The van der Waals surface area contributed by atoms with E-state index in [1.165, 1.54) is 5.56 Å². The van der Waals surface area contributed by atoms with E-state index in [-0.39, 0.29) is 5.91 Å². The van der Waals surface area contributed by atoms with Crippen LogP contribution in [0.2, 0.25) is 0 Å². The molecule has 0 radical (unpaired) electrons. The average Bonchev–Trinajstić information content (AvgIpc) is 3.28. The Balaban J connectivity index is 1.50. The summed E-state index contributed by atoms with van der Waals surface area (Å²) in [5, 5.41) is 16.1. The molecule has 0 aliphatic carbocycles. The van der Waals surface area contributed by atoms with E-state index < -0.39 is 0 Å². The summed E-state index contributed by atoms with van der Waals surface area (Å²) < 4.78 is 3.62. The molecule has 26 heavy (non-hydrogen) atoms. The molecule has 7 nitrogen and oxygen atoms in total. The van der Waals surface area contributed by atoms with Crippen LogP contribution in [0.5, 0.6) is 0 Å². The van der Waals surface area contributed by atoms with Crippen LogP contribution in [0.1, 0.15) is 21.6 Å². The van der Waals surface area contributed by atoms with E-state index in [9.17, 15) is 4.79 Å². The molecule has 4 rings (SSSR count). The summed E-state index contributed by atoms with van der Waals surface area (Å²) in [6.07, 6.45) is 3.23. The molecule has 0 aliphatic rings. The van der Waals surface area contributed by atoms with Gasteiger partial charge in [0.2, 0.25) is 0 Å². The van der Waals surface area contributed by atoms with Gasteiger partial charge in [-0.05, 0) is 43.3 Å². The van der Waals surface area contributed by atoms with Crippen molar-refractivity contribution >= 4 is 16.8 Å². The van der Waals surface area contributed by atoms with Gasteiger partial charge in [0.1, 0.15) is 12.7 Å². The largest absolute Gasteiger partial charge is 0.346 e. The van der Waals surface area contributed by atoms with Gasteiger partial charge >= 0.3 is 0 Å². The molecule has 1 amide bonds. The lowest BCUT2D eigenvalue weighted by Gasteiger charge is -2.06. The Morgan fingerprint density at radius 1 is 1.08 bits per heavy atom. The second-order valence-corrected chi connectivity index (χ2v) is 6.19. The van der Waals surface area contributed by atoms with Crippen molar-refractivity contribution in [3.8, 4) is 5.69 Å². The smallest absolute Gasteiger partial charge is 0.251 e. The van der Waals surface area contributed by atoms with E-state index in [4.69, 9.17) is 0 Å². The molecule has 0 saturated carbocycles. The molecule has 130 valence electrons. The van der Waals surface area contributed by atoms with Gasteiger partial charge < -0.3 is 5.32 Å². The fourth-order valence-corrected chi connectivity index (χ4v) is 2.97. The standard InChI is InChI=1S/C19H18N6O/c1-13-3-8-18-16(9-13)17(23-24(18)2)10-20-19(26)14-4-6-15(7-5-14)25-11-21-22-12-25/h3-9,11-12H,10H2,1-2H3,(H,20,26). The molecule has 1 N–H and O–H groups in total. The Kier molecular flexibility index (Phi) is 3.96. The van der Waals surface area contributed by atoms with Crippen LogP contribution in [0.15, 0.2) is 55.1 Å². The van der Waals surface area contributed by atoms with E-state index in [2.05, 4.69) is 32.7 Å². The lowest BCUT2D eigenvalue weighted by molar-refractivity contribution is 0.0950. The number of carbonyl (C=O) groups excluding carboxylic acids is 1. The Hall–Kier alpha value is -3.48. The van der Waals surface area contributed by atoms with Gasteiger partial charge in [-0.15, -0.1) is 10.2 Å². The quantitative estimate of drug-likeness (QED) is 0.615. The monoisotopic (exact) mass is 346 g/mol. The van der Waals surface area contributed by atoms with E-state index in [0.717, 1.165) is 22.3 Å². The van der Waals surface area contributed by atoms with Crippen LogP contribution >= 0.6 is 0 Å². The molecule has 2 heterocycles. The van der Waals surface area contributed by atoms with Crippen LogP contribution in [0.4, 0.5) is 0 Å². The first kappa shape index (κ1) is 16.0. The van der Waals surface area contributed by atoms with Gasteiger partial charge in [0, 0.05) is 23.7 Å². The zero-order valence-electron chi connectivity index (χ0n) is 14.5. The summed E-state index contributed by atoms with van der Waals surface area (Å²) in [6.45, 7) is 2.43. The Morgan fingerprint density at radius 2 is 1.81 bits per heavy atom. The summed E-state index contributed by atoms with van der Waals surface area (Å²) in [6, 6.07) is 13.5. The number of aryl methyl sites for hydroxylation is 2. The summed E-state index contributed by atoms with van der Waals surface area (Å²) in [7, 11) is 1.91. The van der Waals surface area contributed by atoms with Crippen molar-refractivity contribution in [1.82, 2.24) is 29.9 Å². The third kappa shape index (κ3) is 2.95. The van der Waals surface area contributed by atoms with Crippen LogP contribution in [0.25, 0.3) is 16.6 Å². The highest BCUT2D eigenvalue weighted by molar-refractivity contribution is 5.94. The lowest BCUT2D eigenvalue weighted by atomic mass is 10.1. The number of hydrogen-bond donors (Lipinski definition) is 1. The van der Waals surface area contributed by atoms with Gasteiger partial charge in [-0.2, -0.15) is 5.10 Å². The van der Waals surface area contributed by atoms with Crippen molar-refractivity contribution in [2.24, 2.45) is 7.05 Å². The number of benzene rings is 2. The van der Waals surface area contributed by atoms with Gasteiger partial charge in [-0.3, -0.25) is 14.0 Å². The van der Waals surface area contributed by atoms with Gasteiger partial charge in [0.25, 0.3) is 5.91 Å². The highest BCUT2D eigenvalue weighted by atomic mass is 16.1. The van der Waals surface area contributed by atoms with Crippen molar-refractivity contribution in [2.45, 2.75) is 13.5 Å². The summed E-state index contributed by atoms with van der Waals surface area (Å²) in [4.78, 5) is 12.4. The van der Waals surface area contributed by atoms with Crippen LogP contribution in [-0.4, -0.2) is 30.5 Å².